The molecule has 2 aromatic heterocycles. The van der Waals surface area contributed by atoms with Crippen molar-refractivity contribution in [3.63, 3.8) is 0 Å². The van der Waals surface area contributed by atoms with Crippen molar-refractivity contribution in [2.24, 2.45) is 0 Å². The fourth-order valence-corrected chi connectivity index (χ4v) is 3.14. The minimum absolute atomic E-state index is 0.0209. The molecule has 0 atom stereocenters. The molecule has 23 heavy (non-hydrogen) atoms. The van der Waals surface area contributed by atoms with Gasteiger partial charge in [-0.3, -0.25) is 9.69 Å². The van der Waals surface area contributed by atoms with Gasteiger partial charge in [0.25, 0.3) is 0 Å². The Bertz CT molecular complexity index is 633. The van der Waals surface area contributed by atoms with E-state index in [1.54, 1.807) is 11.3 Å². The Morgan fingerprint density at radius 2 is 2.26 bits per heavy atom. The Labute approximate surface area is 139 Å². The minimum atomic E-state index is -0.0209. The first kappa shape index (κ1) is 16.2. The topological polar surface area (TPSA) is 67.6 Å². The van der Waals surface area contributed by atoms with E-state index in [0.29, 0.717) is 23.9 Å². The van der Waals surface area contributed by atoms with E-state index in [-0.39, 0.29) is 12.3 Å². The number of rotatable bonds is 6. The summed E-state index contributed by atoms with van der Waals surface area (Å²) in [5, 5.41) is 4.93. The summed E-state index contributed by atoms with van der Waals surface area (Å²) in [6.07, 6.45) is 0.254. The van der Waals surface area contributed by atoms with E-state index in [9.17, 15) is 4.79 Å². The van der Waals surface area contributed by atoms with E-state index in [2.05, 4.69) is 15.2 Å². The number of carbonyl (C=O) groups excluding carboxylic acids is 1. The van der Waals surface area contributed by atoms with Gasteiger partial charge in [-0.05, 0) is 18.4 Å². The highest BCUT2D eigenvalue weighted by Crippen LogP contribution is 2.25. The van der Waals surface area contributed by atoms with Crippen LogP contribution in [0.25, 0.3) is 10.8 Å². The number of amides is 1. The molecule has 1 aliphatic heterocycles. The number of thiophene rings is 1. The van der Waals surface area contributed by atoms with Crippen LogP contribution in [0.4, 0.5) is 0 Å². The van der Waals surface area contributed by atoms with Crippen molar-refractivity contribution in [2.45, 2.75) is 13.3 Å². The Morgan fingerprint density at radius 1 is 1.43 bits per heavy atom. The van der Waals surface area contributed by atoms with Crippen molar-refractivity contribution < 1.29 is 13.9 Å². The first-order valence-corrected chi connectivity index (χ1v) is 8.67. The smallest absolute Gasteiger partial charge is 0.236 e. The van der Waals surface area contributed by atoms with Crippen LogP contribution in [0.3, 0.4) is 0 Å². The molecule has 1 aliphatic rings. The fraction of sp³-hybridized carbons (Fsp3) is 0.500. The number of oxazole rings is 1. The fourth-order valence-electron chi connectivity index (χ4n) is 2.49. The Balaban J connectivity index is 1.48. The Kier molecular flexibility index (Phi) is 5.43. The number of nitrogens with one attached hydrogen (secondary N) is 1. The monoisotopic (exact) mass is 335 g/mol. The van der Waals surface area contributed by atoms with E-state index in [1.807, 2.05) is 24.4 Å². The first-order chi connectivity index (χ1) is 11.2. The van der Waals surface area contributed by atoms with Crippen LogP contribution >= 0.6 is 11.3 Å². The van der Waals surface area contributed by atoms with Crippen molar-refractivity contribution in [3.8, 4) is 10.8 Å². The maximum absolute atomic E-state index is 12.1. The van der Waals surface area contributed by atoms with Crippen molar-refractivity contribution in [1.82, 2.24) is 15.2 Å². The van der Waals surface area contributed by atoms with Crippen LogP contribution in [0.15, 0.2) is 21.9 Å². The third-order valence-corrected chi connectivity index (χ3v) is 4.66. The van der Waals surface area contributed by atoms with Crippen LogP contribution in [-0.4, -0.2) is 55.2 Å². The lowest BCUT2D eigenvalue weighted by Gasteiger charge is -2.26. The second-order valence-electron chi connectivity index (χ2n) is 5.48. The molecule has 6 nitrogen and oxygen atoms in total. The molecule has 1 fully saturated rings. The summed E-state index contributed by atoms with van der Waals surface area (Å²) < 4.78 is 11.0. The summed E-state index contributed by atoms with van der Waals surface area (Å²) in [5.74, 6) is 1.28. The minimum Gasteiger partial charge on any atom is -0.440 e. The quantitative estimate of drug-likeness (QED) is 0.870. The number of hydrogen-bond donors (Lipinski definition) is 1. The maximum atomic E-state index is 12.1. The largest absolute Gasteiger partial charge is 0.440 e. The zero-order valence-electron chi connectivity index (χ0n) is 13.2. The molecule has 0 radical (unpaired) electrons. The van der Waals surface area contributed by atoms with Gasteiger partial charge in [-0.15, -0.1) is 11.3 Å². The third-order valence-electron chi connectivity index (χ3n) is 3.81. The number of aromatic nitrogens is 1. The van der Waals surface area contributed by atoms with Gasteiger partial charge in [-0.25, -0.2) is 4.98 Å². The molecular weight excluding hydrogens is 314 g/mol. The Hall–Kier alpha value is -1.70. The highest BCUT2D eigenvalue weighted by Gasteiger charge is 2.15. The van der Waals surface area contributed by atoms with Gasteiger partial charge < -0.3 is 14.5 Å². The number of hydrogen-bond acceptors (Lipinski definition) is 6. The molecular formula is C16H21N3O3S. The summed E-state index contributed by atoms with van der Waals surface area (Å²) in [4.78, 5) is 19.8. The van der Waals surface area contributed by atoms with Gasteiger partial charge in [0, 0.05) is 26.2 Å². The second kappa shape index (κ2) is 7.72. The molecule has 0 spiro atoms. The molecule has 1 N–H and O–H groups in total. The average Bonchev–Trinajstić information content (AvgIpc) is 3.19. The van der Waals surface area contributed by atoms with Crippen LogP contribution in [0.5, 0.6) is 0 Å². The van der Waals surface area contributed by atoms with Crippen LogP contribution in [0.2, 0.25) is 0 Å². The molecule has 0 aromatic carbocycles. The van der Waals surface area contributed by atoms with E-state index in [0.717, 1.165) is 37.7 Å². The molecule has 3 rings (SSSR count). The molecule has 0 unspecified atom stereocenters. The normalized spacial score (nSPS) is 15.7. The maximum Gasteiger partial charge on any atom is 0.236 e. The molecule has 0 saturated carbocycles. The van der Waals surface area contributed by atoms with Crippen LogP contribution in [0.1, 0.15) is 11.5 Å². The van der Waals surface area contributed by atoms with Gasteiger partial charge in [0.15, 0.2) is 0 Å². The van der Waals surface area contributed by atoms with Crippen LogP contribution in [-0.2, 0) is 16.0 Å². The number of carbonyl (C=O) groups is 1. The van der Waals surface area contributed by atoms with Crippen molar-refractivity contribution in [3.05, 3.63) is 29.0 Å². The molecule has 124 valence electrons. The summed E-state index contributed by atoms with van der Waals surface area (Å²) >= 11 is 1.57. The molecule has 1 amide bonds. The highest BCUT2D eigenvalue weighted by molar-refractivity contribution is 7.13. The van der Waals surface area contributed by atoms with E-state index < -0.39 is 0 Å². The number of ether oxygens (including phenoxy) is 1. The molecule has 1 saturated heterocycles. The lowest BCUT2D eigenvalue weighted by Crippen LogP contribution is -2.41. The predicted octanol–water partition coefficient (Wildman–Crippen LogP) is 1.70. The molecule has 3 heterocycles. The van der Waals surface area contributed by atoms with Crippen LogP contribution in [0, 0.1) is 6.92 Å². The zero-order valence-corrected chi connectivity index (χ0v) is 14.0. The third kappa shape index (κ3) is 4.40. The van der Waals surface area contributed by atoms with Gasteiger partial charge in [0.2, 0.25) is 11.8 Å². The number of morpholine rings is 1. The van der Waals surface area contributed by atoms with E-state index in [4.69, 9.17) is 9.15 Å². The summed E-state index contributed by atoms with van der Waals surface area (Å²) in [7, 11) is 0. The zero-order chi connectivity index (χ0) is 16.1. The van der Waals surface area contributed by atoms with Gasteiger partial charge in [0.05, 0.1) is 30.2 Å². The Morgan fingerprint density at radius 3 is 3.00 bits per heavy atom. The summed E-state index contributed by atoms with van der Waals surface area (Å²) in [6, 6.07) is 3.92. The average molecular weight is 335 g/mol. The van der Waals surface area contributed by atoms with Crippen molar-refractivity contribution in [1.29, 1.82) is 0 Å². The lowest BCUT2D eigenvalue weighted by atomic mass is 10.2. The number of nitrogens with zero attached hydrogens (tertiary/aromatic N) is 2. The summed E-state index contributed by atoms with van der Waals surface area (Å²) in [5.41, 5.74) is 0.706. The first-order valence-electron chi connectivity index (χ1n) is 7.79. The predicted molar refractivity (Wildman–Crippen MR) is 88.5 cm³/mol. The van der Waals surface area contributed by atoms with E-state index in [1.165, 1.54) is 0 Å². The standard InChI is InChI=1S/C16H21N3O3S/c1-12-13(18-16(22-12)14-3-2-10-23-14)11-15(20)17-4-5-19-6-8-21-9-7-19/h2-3,10H,4-9,11H2,1H3,(H,17,20). The molecule has 7 heteroatoms. The van der Waals surface area contributed by atoms with Gasteiger partial charge >= 0.3 is 0 Å². The highest BCUT2D eigenvalue weighted by atomic mass is 32.1. The lowest BCUT2D eigenvalue weighted by molar-refractivity contribution is -0.120. The molecule has 0 aliphatic carbocycles. The van der Waals surface area contributed by atoms with E-state index >= 15 is 0 Å². The van der Waals surface area contributed by atoms with Crippen molar-refractivity contribution >= 4 is 17.2 Å². The van der Waals surface area contributed by atoms with Crippen molar-refractivity contribution in [2.75, 3.05) is 39.4 Å². The summed E-state index contributed by atoms with van der Waals surface area (Å²) in [6.45, 7) is 6.77. The number of aryl methyl sites for hydroxylation is 1. The molecule has 0 bridgehead atoms. The second-order valence-corrected chi connectivity index (χ2v) is 6.43. The van der Waals surface area contributed by atoms with Crippen LogP contribution < -0.4 is 5.32 Å². The van der Waals surface area contributed by atoms with Gasteiger partial charge in [-0.1, -0.05) is 6.07 Å². The molecule has 2 aromatic rings. The SMILES string of the molecule is Cc1oc(-c2cccs2)nc1CC(=O)NCCN1CCOCC1. The van der Waals surface area contributed by atoms with Gasteiger partial charge in [-0.2, -0.15) is 0 Å². The van der Waals surface area contributed by atoms with Gasteiger partial charge in [0.1, 0.15) is 5.76 Å².